The number of hydrogen-bond donors (Lipinski definition) is 3. The molecule has 0 aliphatic carbocycles. The van der Waals surface area contributed by atoms with Crippen LogP contribution in [0.5, 0.6) is 0 Å². The summed E-state index contributed by atoms with van der Waals surface area (Å²) in [6, 6.07) is 9.42. The van der Waals surface area contributed by atoms with Crippen molar-refractivity contribution in [2.75, 3.05) is 11.9 Å². The number of hydrogen-bond acceptors (Lipinski definition) is 3. The topological polar surface area (TPSA) is 60.9 Å². The molecule has 22 heavy (non-hydrogen) atoms. The van der Waals surface area contributed by atoms with E-state index in [1.807, 2.05) is 25.1 Å². The molecule has 114 valence electrons. The summed E-state index contributed by atoms with van der Waals surface area (Å²) < 4.78 is 15.7. The van der Waals surface area contributed by atoms with Crippen LogP contribution in [0, 0.1) is 16.3 Å². The van der Waals surface area contributed by atoms with E-state index >= 15 is 0 Å². The van der Waals surface area contributed by atoms with Gasteiger partial charge in [-0.1, -0.05) is 0 Å². The zero-order chi connectivity index (χ0) is 15.7. The Labute approximate surface area is 140 Å². The number of nitrogens with zero attached hydrogens (tertiary/aromatic N) is 1. The van der Waals surface area contributed by atoms with E-state index in [4.69, 9.17) is 5.11 Å². The van der Waals surface area contributed by atoms with Gasteiger partial charge in [0, 0.05) is 15.7 Å². The molecule has 3 aromatic rings. The zero-order valence-electron chi connectivity index (χ0n) is 12.0. The molecule has 0 fully saturated rings. The smallest absolute Gasteiger partial charge is 0.174 e. The number of aromatic amines is 1. The van der Waals surface area contributed by atoms with Crippen molar-refractivity contribution in [3.05, 3.63) is 51.1 Å². The summed E-state index contributed by atoms with van der Waals surface area (Å²) in [5.74, 6) is 0.190. The maximum atomic E-state index is 14.6. The predicted octanol–water partition coefficient (Wildman–Crippen LogP) is 3.89. The lowest BCUT2D eigenvalue weighted by molar-refractivity contribution is 0.297. The van der Waals surface area contributed by atoms with Crippen molar-refractivity contribution in [3.63, 3.8) is 0 Å². The fourth-order valence-electron chi connectivity index (χ4n) is 2.33. The summed E-state index contributed by atoms with van der Waals surface area (Å²) in [5, 5.41) is 12.1. The van der Waals surface area contributed by atoms with E-state index in [1.165, 1.54) is 0 Å². The van der Waals surface area contributed by atoms with Gasteiger partial charge in [-0.05, 0) is 65.4 Å². The average Bonchev–Trinajstić information content (AvgIpc) is 2.88. The van der Waals surface area contributed by atoms with Crippen molar-refractivity contribution < 1.29 is 9.50 Å². The van der Waals surface area contributed by atoms with Gasteiger partial charge in [0.1, 0.15) is 11.3 Å². The molecule has 0 saturated carbocycles. The van der Waals surface area contributed by atoms with Crippen LogP contribution in [0.1, 0.15) is 11.4 Å². The number of aliphatic hydroxyl groups excluding tert-OH is 1. The van der Waals surface area contributed by atoms with Gasteiger partial charge in [-0.25, -0.2) is 9.37 Å². The van der Waals surface area contributed by atoms with E-state index in [0.29, 0.717) is 23.4 Å². The third kappa shape index (κ3) is 2.93. The molecule has 3 N–H and O–H groups in total. The van der Waals surface area contributed by atoms with Gasteiger partial charge in [-0.15, -0.1) is 0 Å². The Kier molecular flexibility index (Phi) is 4.30. The first-order valence-corrected chi connectivity index (χ1v) is 7.97. The van der Waals surface area contributed by atoms with E-state index in [0.717, 1.165) is 14.8 Å². The number of halogens is 2. The molecule has 0 radical (unpaired) electrons. The number of aryl methyl sites for hydroxylation is 1. The minimum Gasteiger partial charge on any atom is -0.396 e. The third-order valence-electron chi connectivity index (χ3n) is 3.45. The van der Waals surface area contributed by atoms with Crippen LogP contribution in [0.15, 0.2) is 30.3 Å². The van der Waals surface area contributed by atoms with Crippen molar-refractivity contribution in [1.29, 1.82) is 0 Å². The quantitative estimate of drug-likeness (QED) is 0.571. The average molecular weight is 411 g/mol. The largest absolute Gasteiger partial charge is 0.396 e. The Morgan fingerprint density at radius 2 is 2.05 bits per heavy atom. The molecule has 0 aliphatic heterocycles. The number of benzene rings is 2. The van der Waals surface area contributed by atoms with Gasteiger partial charge in [-0.3, -0.25) is 0 Å². The highest BCUT2D eigenvalue weighted by Gasteiger charge is 2.12. The Morgan fingerprint density at radius 1 is 1.27 bits per heavy atom. The molecular formula is C16H15FIN3O. The summed E-state index contributed by atoms with van der Waals surface area (Å²) in [6.45, 7) is 1.96. The molecule has 0 atom stereocenters. The van der Waals surface area contributed by atoms with Crippen LogP contribution in [0.2, 0.25) is 0 Å². The number of imidazole rings is 1. The number of aromatic nitrogens is 2. The van der Waals surface area contributed by atoms with E-state index in [-0.39, 0.29) is 12.1 Å². The molecule has 4 nitrogen and oxygen atoms in total. The highest BCUT2D eigenvalue weighted by atomic mass is 127. The molecule has 0 bridgehead atoms. The summed E-state index contributed by atoms with van der Waals surface area (Å²) in [7, 11) is 0. The summed E-state index contributed by atoms with van der Waals surface area (Å²) in [4.78, 5) is 7.22. The van der Waals surface area contributed by atoms with Crippen molar-refractivity contribution in [2.45, 2.75) is 13.3 Å². The van der Waals surface area contributed by atoms with E-state index in [2.05, 4.69) is 37.9 Å². The monoisotopic (exact) mass is 411 g/mol. The second-order valence-electron chi connectivity index (χ2n) is 5.06. The molecule has 1 aromatic heterocycles. The minimum absolute atomic E-state index is 0.0195. The maximum Gasteiger partial charge on any atom is 0.174 e. The molecule has 0 saturated heterocycles. The fourth-order valence-corrected chi connectivity index (χ4v) is 2.97. The van der Waals surface area contributed by atoms with Crippen LogP contribution in [-0.4, -0.2) is 21.7 Å². The Bertz CT molecular complexity index is 832. The Morgan fingerprint density at radius 3 is 2.77 bits per heavy atom. The predicted molar refractivity (Wildman–Crippen MR) is 94.0 cm³/mol. The van der Waals surface area contributed by atoms with Crippen LogP contribution >= 0.6 is 22.6 Å². The molecule has 2 aromatic carbocycles. The van der Waals surface area contributed by atoms with Crippen LogP contribution < -0.4 is 5.32 Å². The number of aliphatic hydroxyl groups is 1. The standard InChI is InChI=1S/C16H15FIN3O/c1-9-8-10(18)2-3-11(9)19-12-4-5-13-16(15(12)17)21-14(20-13)6-7-22/h2-5,8,19,22H,6-7H2,1H3,(H,20,21). The van der Waals surface area contributed by atoms with Crippen molar-refractivity contribution in [3.8, 4) is 0 Å². The van der Waals surface area contributed by atoms with Crippen molar-refractivity contribution >= 4 is 45.0 Å². The van der Waals surface area contributed by atoms with Gasteiger partial charge in [0.05, 0.1) is 17.8 Å². The van der Waals surface area contributed by atoms with Crippen LogP contribution in [0.25, 0.3) is 11.0 Å². The van der Waals surface area contributed by atoms with Gasteiger partial charge in [-0.2, -0.15) is 0 Å². The van der Waals surface area contributed by atoms with Gasteiger partial charge in [0.2, 0.25) is 0 Å². The lowest BCUT2D eigenvalue weighted by Crippen LogP contribution is -1.97. The van der Waals surface area contributed by atoms with Crippen LogP contribution in [0.4, 0.5) is 15.8 Å². The zero-order valence-corrected chi connectivity index (χ0v) is 14.1. The van der Waals surface area contributed by atoms with E-state index < -0.39 is 5.82 Å². The summed E-state index contributed by atoms with van der Waals surface area (Å²) in [5.41, 5.74) is 3.22. The normalized spacial score (nSPS) is 11.1. The highest BCUT2D eigenvalue weighted by Crippen LogP contribution is 2.28. The number of rotatable bonds is 4. The SMILES string of the molecule is Cc1cc(I)ccc1Nc1ccc2[nH]c(CCO)nc2c1F. The number of nitrogens with one attached hydrogen (secondary N) is 2. The van der Waals surface area contributed by atoms with Crippen molar-refractivity contribution in [1.82, 2.24) is 9.97 Å². The van der Waals surface area contributed by atoms with E-state index in [9.17, 15) is 4.39 Å². The number of H-pyrrole nitrogens is 1. The molecule has 1 heterocycles. The van der Waals surface area contributed by atoms with E-state index in [1.54, 1.807) is 12.1 Å². The van der Waals surface area contributed by atoms with Crippen LogP contribution in [0.3, 0.4) is 0 Å². The maximum absolute atomic E-state index is 14.6. The van der Waals surface area contributed by atoms with Gasteiger partial charge in [0.25, 0.3) is 0 Å². The first-order chi connectivity index (χ1) is 10.6. The lowest BCUT2D eigenvalue weighted by atomic mass is 10.2. The second-order valence-corrected chi connectivity index (χ2v) is 6.31. The first kappa shape index (κ1) is 15.2. The lowest BCUT2D eigenvalue weighted by Gasteiger charge is -2.11. The van der Waals surface area contributed by atoms with Crippen molar-refractivity contribution in [2.24, 2.45) is 0 Å². The highest BCUT2D eigenvalue weighted by molar-refractivity contribution is 14.1. The third-order valence-corrected chi connectivity index (χ3v) is 4.12. The molecule has 3 rings (SSSR count). The number of anilines is 2. The first-order valence-electron chi connectivity index (χ1n) is 6.89. The molecule has 6 heteroatoms. The summed E-state index contributed by atoms with van der Waals surface area (Å²) in [6.07, 6.45) is 0.382. The molecule has 0 unspecified atom stereocenters. The fraction of sp³-hybridized carbons (Fsp3) is 0.188. The Balaban J connectivity index is 1.98. The molecular weight excluding hydrogens is 396 g/mol. The van der Waals surface area contributed by atoms with Gasteiger partial charge < -0.3 is 15.4 Å². The molecule has 0 aliphatic rings. The second kappa shape index (κ2) is 6.21. The summed E-state index contributed by atoms with van der Waals surface area (Å²) >= 11 is 2.25. The Hall–Kier alpha value is -1.67. The van der Waals surface area contributed by atoms with Crippen LogP contribution in [-0.2, 0) is 6.42 Å². The van der Waals surface area contributed by atoms with Gasteiger partial charge >= 0.3 is 0 Å². The molecule has 0 amide bonds. The van der Waals surface area contributed by atoms with Gasteiger partial charge in [0.15, 0.2) is 5.82 Å². The minimum atomic E-state index is -0.393. The molecule has 0 spiro atoms. The number of fused-ring (bicyclic) bond motifs is 1.